The minimum Gasteiger partial charge on any atom is -0.442 e. The van der Waals surface area contributed by atoms with Crippen LogP contribution in [0.1, 0.15) is 0 Å². The molecule has 0 bridgehead atoms. The summed E-state index contributed by atoms with van der Waals surface area (Å²) >= 11 is 5.58. The van der Waals surface area contributed by atoms with Crippen molar-refractivity contribution in [3.8, 4) is 0 Å². The summed E-state index contributed by atoms with van der Waals surface area (Å²) in [6.45, 7) is 0. The fourth-order valence-corrected chi connectivity index (χ4v) is 0.873. The molecular weight excluding hydrogens is 152 g/mol. The number of pyridine rings is 1. The summed E-state index contributed by atoms with van der Waals surface area (Å²) < 4.78 is 4.94. The maximum Gasteiger partial charge on any atom is 0.199 e. The van der Waals surface area contributed by atoms with Crippen LogP contribution in [0.2, 0.25) is 5.15 Å². The summed E-state index contributed by atoms with van der Waals surface area (Å²) in [5, 5.41) is 0.432. The third kappa shape index (κ3) is 0.752. The zero-order valence-corrected chi connectivity index (χ0v) is 5.67. The van der Waals surface area contributed by atoms with E-state index < -0.39 is 0 Å². The molecular formula is C6H3ClN2O. The van der Waals surface area contributed by atoms with Crippen LogP contribution in [0.25, 0.3) is 11.2 Å². The first-order valence-corrected chi connectivity index (χ1v) is 3.10. The van der Waals surface area contributed by atoms with Crippen molar-refractivity contribution in [1.29, 1.82) is 0 Å². The molecule has 2 heterocycles. The Bertz CT molecular complexity index is 357. The minimum absolute atomic E-state index is 0.432. The standard InChI is InChI=1S/C6H3ClN2O/c7-5-2-1-4-6(9-5)8-3-10-4/h1-3H. The Kier molecular flexibility index (Phi) is 1.11. The molecule has 2 aromatic heterocycles. The second-order valence-electron chi connectivity index (χ2n) is 1.81. The van der Waals surface area contributed by atoms with Crippen LogP contribution >= 0.6 is 11.6 Å². The molecule has 0 aliphatic carbocycles. The number of oxazole rings is 1. The van der Waals surface area contributed by atoms with Crippen molar-refractivity contribution in [2.45, 2.75) is 0 Å². The molecule has 0 aliphatic rings. The third-order valence-electron chi connectivity index (χ3n) is 1.16. The number of aromatic nitrogens is 2. The van der Waals surface area contributed by atoms with Crippen molar-refractivity contribution in [3.63, 3.8) is 0 Å². The second kappa shape index (κ2) is 1.95. The quantitative estimate of drug-likeness (QED) is 0.544. The molecule has 0 amide bonds. The number of fused-ring (bicyclic) bond motifs is 1. The molecule has 0 aliphatic heterocycles. The van der Waals surface area contributed by atoms with Crippen molar-refractivity contribution in [2.24, 2.45) is 0 Å². The van der Waals surface area contributed by atoms with E-state index in [0.29, 0.717) is 16.4 Å². The van der Waals surface area contributed by atoms with Crippen molar-refractivity contribution in [2.75, 3.05) is 0 Å². The van der Waals surface area contributed by atoms with Crippen LogP contribution in [0.15, 0.2) is 22.9 Å². The monoisotopic (exact) mass is 154 g/mol. The Hall–Kier alpha value is -1.09. The van der Waals surface area contributed by atoms with Crippen molar-refractivity contribution >= 4 is 22.8 Å². The third-order valence-corrected chi connectivity index (χ3v) is 1.37. The minimum atomic E-state index is 0.432. The van der Waals surface area contributed by atoms with Crippen molar-refractivity contribution in [1.82, 2.24) is 9.97 Å². The van der Waals surface area contributed by atoms with Crippen LogP contribution in [0.5, 0.6) is 0 Å². The highest BCUT2D eigenvalue weighted by Gasteiger charge is 1.97. The first-order chi connectivity index (χ1) is 4.86. The number of hydrogen-bond acceptors (Lipinski definition) is 3. The van der Waals surface area contributed by atoms with Crippen LogP contribution in [0.4, 0.5) is 0 Å². The van der Waals surface area contributed by atoms with E-state index in [4.69, 9.17) is 16.0 Å². The van der Waals surface area contributed by atoms with Gasteiger partial charge in [0.25, 0.3) is 0 Å². The van der Waals surface area contributed by atoms with Gasteiger partial charge in [-0.2, -0.15) is 4.98 Å². The van der Waals surface area contributed by atoms with Crippen molar-refractivity contribution < 1.29 is 4.42 Å². The van der Waals surface area contributed by atoms with E-state index >= 15 is 0 Å². The highest BCUT2D eigenvalue weighted by Crippen LogP contribution is 2.12. The van der Waals surface area contributed by atoms with Crippen LogP contribution in [-0.2, 0) is 0 Å². The molecule has 0 atom stereocenters. The number of rotatable bonds is 0. The molecule has 2 rings (SSSR count). The van der Waals surface area contributed by atoms with Gasteiger partial charge in [-0.15, -0.1) is 0 Å². The van der Waals surface area contributed by atoms with Gasteiger partial charge in [-0.3, -0.25) is 0 Å². The summed E-state index contributed by atoms with van der Waals surface area (Å²) in [6, 6.07) is 3.40. The highest BCUT2D eigenvalue weighted by atomic mass is 35.5. The maximum absolute atomic E-state index is 5.58. The molecule has 0 aromatic carbocycles. The van der Waals surface area contributed by atoms with Crippen molar-refractivity contribution in [3.05, 3.63) is 23.7 Å². The van der Waals surface area contributed by atoms with Crippen LogP contribution in [-0.4, -0.2) is 9.97 Å². The van der Waals surface area contributed by atoms with Gasteiger partial charge in [-0.05, 0) is 12.1 Å². The molecule has 0 N–H and O–H groups in total. The lowest BCUT2D eigenvalue weighted by atomic mass is 10.5. The van der Waals surface area contributed by atoms with Gasteiger partial charge < -0.3 is 4.42 Å². The van der Waals surface area contributed by atoms with E-state index in [-0.39, 0.29) is 0 Å². The van der Waals surface area contributed by atoms with Gasteiger partial charge in [0.1, 0.15) is 5.15 Å². The first kappa shape index (κ1) is 5.68. The molecule has 4 heteroatoms. The van der Waals surface area contributed by atoms with Crippen LogP contribution in [0.3, 0.4) is 0 Å². The number of hydrogen-bond donors (Lipinski definition) is 0. The van der Waals surface area contributed by atoms with E-state index in [9.17, 15) is 0 Å². The van der Waals surface area contributed by atoms with E-state index in [2.05, 4.69) is 9.97 Å². The van der Waals surface area contributed by atoms with Gasteiger partial charge in [0.15, 0.2) is 17.6 Å². The van der Waals surface area contributed by atoms with Gasteiger partial charge in [-0.25, -0.2) is 4.98 Å². The van der Waals surface area contributed by atoms with Crippen LogP contribution < -0.4 is 0 Å². The largest absolute Gasteiger partial charge is 0.442 e. The van der Waals surface area contributed by atoms with Gasteiger partial charge in [0, 0.05) is 0 Å². The normalized spacial score (nSPS) is 10.5. The Morgan fingerprint density at radius 2 is 2.30 bits per heavy atom. The van der Waals surface area contributed by atoms with E-state index in [1.807, 2.05) is 0 Å². The molecule has 0 saturated carbocycles. The smallest absolute Gasteiger partial charge is 0.199 e. The zero-order chi connectivity index (χ0) is 6.97. The lowest BCUT2D eigenvalue weighted by Gasteiger charge is -1.84. The summed E-state index contributed by atoms with van der Waals surface area (Å²) in [5.41, 5.74) is 1.21. The van der Waals surface area contributed by atoms with Gasteiger partial charge in [0.05, 0.1) is 0 Å². The molecule has 2 aromatic rings. The molecule has 0 saturated heterocycles. The fourth-order valence-electron chi connectivity index (χ4n) is 0.730. The second-order valence-corrected chi connectivity index (χ2v) is 2.20. The Morgan fingerprint density at radius 3 is 3.20 bits per heavy atom. The number of nitrogens with zero attached hydrogens (tertiary/aromatic N) is 2. The SMILES string of the molecule is Clc1ccc2ocnc2n1. The maximum atomic E-state index is 5.58. The fraction of sp³-hybridized carbons (Fsp3) is 0. The lowest BCUT2D eigenvalue weighted by Crippen LogP contribution is -1.74. The van der Waals surface area contributed by atoms with E-state index in [1.54, 1.807) is 12.1 Å². The average Bonchev–Trinajstić information content (AvgIpc) is 2.33. The topological polar surface area (TPSA) is 38.9 Å². The summed E-state index contributed by atoms with van der Waals surface area (Å²) in [4.78, 5) is 7.71. The van der Waals surface area contributed by atoms with Crippen LogP contribution in [0, 0.1) is 0 Å². The summed E-state index contributed by atoms with van der Waals surface area (Å²) in [7, 11) is 0. The molecule has 50 valence electrons. The summed E-state index contributed by atoms with van der Waals surface area (Å²) in [6.07, 6.45) is 1.34. The Balaban J connectivity index is 2.86. The molecule has 3 nitrogen and oxygen atoms in total. The lowest BCUT2D eigenvalue weighted by molar-refractivity contribution is 0.602. The average molecular weight is 155 g/mol. The predicted octanol–water partition coefficient (Wildman–Crippen LogP) is 1.88. The molecule has 0 spiro atoms. The summed E-state index contributed by atoms with van der Waals surface area (Å²) in [5.74, 6) is 0. The molecule has 10 heavy (non-hydrogen) atoms. The van der Waals surface area contributed by atoms with E-state index in [1.165, 1.54) is 6.39 Å². The molecule has 0 radical (unpaired) electrons. The van der Waals surface area contributed by atoms with Gasteiger partial charge in [-0.1, -0.05) is 11.6 Å². The predicted molar refractivity (Wildman–Crippen MR) is 36.8 cm³/mol. The highest BCUT2D eigenvalue weighted by molar-refractivity contribution is 6.29. The Labute approximate surface area is 61.6 Å². The van der Waals surface area contributed by atoms with Gasteiger partial charge in [0.2, 0.25) is 0 Å². The van der Waals surface area contributed by atoms with Gasteiger partial charge >= 0.3 is 0 Å². The zero-order valence-electron chi connectivity index (χ0n) is 4.91. The number of halogens is 1. The van der Waals surface area contributed by atoms with E-state index in [0.717, 1.165) is 0 Å². The molecule has 0 fully saturated rings. The Morgan fingerprint density at radius 1 is 1.40 bits per heavy atom. The first-order valence-electron chi connectivity index (χ1n) is 2.72. The molecule has 0 unspecified atom stereocenters.